The number of sulfonamides is 1. The maximum absolute atomic E-state index is 13.2. The molecule has 8 heteroatoms. The molecule has 0 aliphatic heterocycles. The number of nitrogens with one attached hydrogen (secondary N) is 2. The molecule has 2 N–H and O–H groups in total. The number of hydrogen-bond donors (Lipinski definition) is 2. The Bertz CT molecular complexity index is 1100. The van der Waals surface area contributed by atoms with E-state index in [1.165, 1.54) is 30.5 Å². The van der Waals surface area contributed by atoms with Gasteiger partial charge in [0.25, 0.3) is 5.91 Å². The number of hydrogen-bond acceptors (Lipinski definition) is 4. The van der Waals surface area contributed by atoms with Crippen LogP contribution in [0.2, 0.25) is 0 Å². The van der Waals surface area contributed by atoms with Crippen molar-refractivity contribution >= 4 is 15.9 Å². The van der Waals surface area contributed by atoms with E-state index in [0.29, 0.717) is 24.3 Å². The van der Waals surface area contributed by atoms with E-state index < -0.39 is 10.0 Å². The van der Waals surface area contributed by atoms with Crippen LogP contribution in [0.3, 0.4) is 0 Å². The fourth-order valence-corrected chi connectivity index (χ4v) is 3.80. The van der Waals surface area contributed by atoms with Gasteiger partial charge >= 0.3 is 0 Å². The van der Waals surface area contributed by atoms with Crippen molar-refractivity contribution < 1.29 is 22.0 Å². The molecule has 0 atom stereocenters. The van der Waals surface area contributed by atoms with Crippen molar-refractivity contribution in [2.45, 2.75) is 24.8 Å². The fourth-order valence-electron chi connectivity index (χ4n) is 2.78. The summed E-state index contributed by atoms with van der Waals surface area (Å²) in [4.78, 5) is 12.5. The van der Waals surface area contributed by atoms with E-state index in [9.17, 15) is 17.6 Å². The number of benzene rings is 2. The van der Waals surface area contributed by atoms with Crippen molar-refractivity contribution in [3.05, 3.63) is 89.1 Å². The van der Waals surface area contributed by atoms with Crippen molar-refractivity contribution in [2.75, 3.05) is 6.54 Å². The molecule has 0 aliphatic carbocycles. The summed E-state index contributed by atoms with van der Waals surface area (Å²) in [7, 11) is -3.81. The van der Waals surface area contributed by atoms with Gasteiger partial charge in [-0.3, -0.25) is 4.79 Å². The minimum Gasteiger partial charge on any atom is -0.468 e. The Balaban J connectivity index is 1.66. The molecule has 152 valence electrons. The summed E-state index contributed by atoms with van der Waals surface area (Å²) in [6.07, 6.45) is 1.92. The predicted molar refractivity (Wildman–Crippen MR) is 106 cm³/mol. The second kappa shape index (κ2) is 9.02. The van der Waals surface area contributed by atoms with Gasteiger partial charge in [0, 0.05) is 12.1 Å². The van der Waals surface area contributed by atoms with Gasteiger partial charge in [-0.05, 0) is 60.9 Å². The predicted octanol–water partition coefficient (Wildman–Crippen LogP) is 3.18. The number of carbonyl (C=O) groups excluding carboxylic acids is 1. The smallest absolute Gasteiger partial charge is 0.251 e. The second-order valence-corrected chi connectivity index (χ2v) is 8.28. The topological polar surface area (TPSA) is 88.4 Å². The van der Waals surface area contributed by atoms with E-state index in [1.807, 2.05) is 0 Å². The molecule has 0 unspecified atom stereocenters. The van der Waals surface area contributed by atoms with Crippen LogP contribution in [0.5, 0.6) is 0 Å². The largest absolute Gasteiger partial charge is 0.468 e. The van der Waals surface area contributed by atoms with Gasteiger partial charge in [-0.15, -0.1) is 0 Å². The first-order chi connectivity index (χ1) is 13.8. The van der Waals surface area contributed by atoms with Gasteiger partial charge in [0.1, 0.15) is 11.6 Å². The molecule has 1 heterocycles. The van der Waals surface area contributed by atoms with Crippen LogP contribution in [0.4, 0.5) is 4.39 Å². The molecule has 0 spiro atoms. The summed E-state index contributed by atoms with van der Waals surface area (Å²) in [6.45, 7) is 2.04. The number of rotatable bonds is 8. The highest BCUT2D eigenvalue weighted by Crippen LogP contribution is 2.16. The summed E-state index contributed by atoms with van der Waals surface area (Å²) in [5.74, 6) is -0.234. The third-order valence-corrected chi connectivity index (χ3v) is 5.77. The maximum Gasteiger partial charge on any atom is 0.251 e. The highest BCUT2D eigenvalue weighted by Gasteiger charge is 2.18. The lowest BCUT2D eigenvalue weighted by Gasteiger charge is -2.11. The summed E-state index contributed by atoms with van der Waals surface area (Å²) in [5, 5.41) is 2.75. The van der Waals surface area contributed by atoms with Crippen molar-refractivity contribution in [3.8, 4) is 0 Å². The van der Waals surface area contributed by atoms with Crippen LogP contribution in [-0.4, -0.2) is 20.9 Å². The van der Waals surface area contributed by atoms with Crippen molar-refractivity contribution in [1.82, 2.24) is 10.0 Å². The molecule has 29 heavy (non-hydrogen) atoms. The Labute approximate surface area is 168 Å². The zero-order valence-electron chi connectivity index (χ0n) is 15.8. The number of carbonyl (C=O) groups is 1. The van der Waals surface area contributed by atoms with E-state index >= 15 is 0 Å². The lowest BCUT2D eigenvalue weighted by molar-refractivity contribution is 0.0953. The van der Waals surface area contributed by atoms with E-state index in [1.54, 1.807) is 37.3 Å². The van der Waals surface area contributed by atoms with E-state index in [0.717, 1.165) is 5.56 Å². The average molecular weight is 416 g/mol. The molecule has 0 radical (unpaired) electrons. The highest BCUT2D eigenvalue weighted by molar-refractivity contribution is 7.89. The first kappa shape index (κ1) is 20.8. The van der Waals surface area contributed by atoms with Gasteiger partial charge in [-0.1, -0.05) is 18.2 Å². The minimum absolute atomic E-state index is 0.00932. The molecular weight excluding hydrogens is 395 g/mol. The molecule has 0 saturated heterocycles. The molecule has 0 saturated carbocycles. The first-order valence-electron chi connectivity index (χ1n) is 9.00. The molecule has 0 aliphatic rings. The Hall–Kier alpha value is -2.97. The van der Waals surface area contributed by atoms with Gasteiger partial charge in [0.2, 0.25) is 10.0 Å². The quantitative estimate of drug-likeness (QED) is 0.590. The molecule has 2 aromatic carbocycles. The maximum atomic E-state index is 13.2. The van der Waals surface area contributed by atoms with E-state index in [4.69, 9.17) is 4.42 Å². The van der Waals surface area contributed by atoms with Gasteiger partial charge in [0.15, 0.2) is 0 Å². The van der Waals surface area contributed by atoms with Gasteiger partial charge < -0.3 is 9.73 Å². The van der Waals surface area contributed by atoms with Gasteiger partial charge in [-0.25, -0.2) is 17.5 Å². The zero-order chi connectivity index (χ0) is 20.9. The molecule has 1 amide bonds. The lowest BCUT2D eigenvalue weighted by Crippen LogP contribution is -2.27. The molecule has 6 nitrogen and oxygen atoms in total. The third-order valence-electron chi connectivity index (χ3n) is 4.37. The standard InChI is InChI=1S/C21H21FN2O4S/c1-15-7-8-19(29(26,27)24-14-18-6-3-11-28-18)13-20(15)21(25)23-10-9-16-4-2-5-17(22)12-16/h2-8,11-13,24H,9-10,14H2,1H3,(H,23,25). The molecule has 1 aromatic heterocycles. The summed E-state index contributed by atoms with van der Waals surface area (Å²) in [6, 6.07) is 13.9. The average Bonchev–Trinajstić information content (AvgIpc) is 3.20. The third kappa shape index (κ3) is 5.52. The number of aryl methyl sites for hydroxylation is 1. The van der Waals surface area contributed by atoms with Crippen molar-refractivity contribution in [2.24, 2.45) is 0 Å². The number of furan rings is 1. The molecule has 0 bridgehead atoms. The van der Waals surface area contributed by atoms with Gasteiger partial charge in [-0.2, -0.15) is 0 Å². The summed E-state index contributed by atoms with van der Waals surface area (Å²) in [5.41, 5.74) is 1.68. The molecule has 3 rings (SSSR count). The van der Waals surface area contributed by atoms with Crippen LogP contribution in [0.25, 0.3) is 0 Å². The molecule has 0 fully saturated rings. The Morgan fingerprint density at radius 3 is 2.66 bits per heavy atom. The highest BCUT2D eigenvalue weighted by atomic mass is 32.2. The number of amides is 1. The van der Waals surface area contributed by atoms with Crippen LogP contribution in [-0.2, 0) is 23.0 Å². The van der Waals surface area contributed by atoms with Crippen LogP contribution in [0.1, 0.15) is 27.2 Å². The van der Waals surface area contributed by atoms with Gasteiger partial charge in [0.05, 0.1) is 17.7 Å². The summed E-state index contributed by atoms with van der Waals surface area (Å²) >= 11 is 0. The van der Waals surface area contributed by atoms with Crippen LogP contribution < -0.4 is 10.0 Å². The Morgan fingerprint density at radius 1 is 1.10 bits per heavy atom. The number of halogens is 1. The van der Waals surface area contributed by atoms with Crippen LogP contribution in [0.15, 0.2) is 70.2 Å². The minimum atomic E-state index is -3.81. The first-order valence-corrected chi connectivity index (χ1v) is 10.5. The zero-order valence-corrected chi connectivity index (χ0v) is 16.6. The molecule has 3 aromatic rings. The molecular formula is C21H21FN2O4S. The normalized spacial score (nSPS) is 11.4. The summed E-state index contributed by atoms with van der Waals surface area (Å²) < 4.78 is 45.8. The van der Waals surface area contributed by atoms with Crippen LogP contribution in [0, 0.1) is 12.7 Å². The van der Waals surface area contributed by atoms with E-state index in [2.05, 4.69) is 10.0 Å². The van der Waals surface area contributed by atoms with Crippen molar-refractivity contribution in [3.63, 3.8) is 0 Å². The fraction of sp³-hybridized carbons (Fsp3) is 0.190. The van der Waals surface area contributed by atoms with Crippen molar-refractivity contribution in [1.29, 1.82) is 0 Å². The SMILES string of the molecule is Cc1ccc(S(=O)(=O)NCc2ccco2)cc1C(=O)NCCc1cccc(F)c1. The second-order valence-electron chi connectivity index (χ2n) is 6.52. The Morgan fingerprint density at radius 2 is 1.93 bits per heavy atom. The van der Waals surface area contributed by atoms with Crippen LogP contribution >= 0.6 is 0 Å². The lowest BCUT2D eigenvalue weighted by atomic mass is 10.1. The Kier molecular flexibility index (Phi) is 6.46. The van der Waals surface area contributed by atoms with E-state index in [-0.39, 0.29) is 28.7 Å². The monoisotopic (exact) mass is 416 g/mol.